The summed E-state index contributed by atoms with van der Waals surface area (Å²) in [6.45, 7) is 1.87. The molecule has 7 heteroatoms. The van der Waals surface area contributed by atoms with Gasteiger partial charge in [0.25, 0.3) is 0 Å². The highest BCUT2D eigenvalue weighted by Crippen LogP contribution is 2.29. The Bertz CT molecular complexity index is 1420. The summed E-state index contributed by atoms with van der Waals surface area (Å²) in [6, 6.07) is 18.3. The molecule has 0 atom stereocenters. The molecule has 0 radical (unpaired) electrons. The number of sulfone groups is 1. The minimum Gasteiger partial charge on any atom is -0.361 e. The van der Waals surface area contributed by atoms with Gasteiger partial charge in [0.1, 0.15) is 4.91 Å². The highest BCUT2D eigenvalue weighted by atomic mass is 79.9. The average molecular weight is 515 g/mol. The van der Waals surface area contributed by atoms with Gasteiger partial charge in [-0.25, -0.2) is 8.42 Å². The third-order valence-corrected chi connectivity index (χ3v) is 7.45. The molecule has 1 heterocycles. The fraction of sp³-hybridized carbons (Fsp3) is 0.0417. The Morgan fingerprint density at radius 2 is 1.68 bits per heavy atom. The lowest BCUT2D eigenvalue weighted by Crippen LogP contribution is -2.14. The molecular weight excluding hydrogens is 498 g/mol. The van der Waals surface area contributed by atoms with Crippen molar-refractivity contribution in [3.05, 3.63) is 104 Å². The molecule has 0 fully saturated rings. The smallest absolute Gasteiger partial charge is 0.210 e. The first-order valence-corrected chi connectivity index (χ1v) is 12.0. The van der Waals surface area contributed by atoms with Crippen LogP contribution in [0, 0.1) is 6.92 Å². The molecule has 156 valence electrons. The number of H-pyrrole nitrogens is 1. The third-order valence-electron chi connectivity index (χ3n) is 4.91. The Morgan fingerprint density at radius 1 is 1.00 bits per heavy atom. The number of carbonyl (C=O) groups is 1. The molecule has 4 nitrogen and oxygen atoms in total. The molecule has 0 spiro atoms. The fourth-order valence-corrected chi connectivity index (χ4v) is 5.06. The van der Waals surface area contributed by atoms with E-state index in [0.717, 1.165) is 20.9 Å². The van der Waals surface area contributed by atoms with Crippen molar-refractivity contribution in [3.8, 4) is 0 Å². The van der Waals surface area contributed by atoms with Gasteiger partial charge in [0, 0.05) is 37.7 Å². The number of allylic oxidation sites excluding steroid dienone is 1. The minimum absolute atomic E-state index is 0.0627. The van der Waals surface area contributed by atoms with E-state index in [4.69, 9.17) is 11.6 Å². The second-order valence-electron chi connectivity index (χ2n) is 7.10. The number of aromatic amines is 1. The van der Waals surface area contributed by atoms with Crippen molar-refractivity contribution in [2.45, 2.75) is 11.8 Å². The Kier molecular flexibility index (Phi) is 5.88. The van der Waals surface area contributed by atoms with Crippen LogP contribution < -0.4 is 0 Å². The van der Waals surface area contributed by atoms with Crippen LogP contribution in [-0.2, 0) is 9.84 Å². The van der Waals surface area contributed by atoms with Crippen LogP contribution in [0.4, 0.5) is 0 Å². The summed E-state index contributed by atoms with van der Waals surface area (Å²) in [5.74, 6) is -0.579. The molecular formula is C24H17BrClNO3S. The van der Waals surface area contributed by atoms with Crippen LogP contribution >= 0.6 is 27.5 Å². The van der Waals surface area contributed by atoms with Gasteiger partial charge in [-0.1, -0.05) is 45.2 Å². The number of carbonyl (C=O) groups excluding carboxylic acids is 1. The third kappa shape index (κ3) is 4.37. The highest BCUT2D eigenvalue weighted by Gasteiger charge is 2.28. The number of ketones is 1. The summed E-state index contributed by atoms with van der Waals surface area (Å²) in [4.78, 5) is 16.2. The molecule has 1 aromatic heterocycles. The Morgan fingerprint density at radius 3 is 2.35 bits per heavy atom. The summed E-state index contributed by atoms with van der Waals surface area (Å²) < 4.78 is 27.8. The fourth-order valence-electron chi connectivity index (χ4n) is 3.23. The summed E-state index contributed by atoms with van der Waals surface area (Å²) in [5, 5.41) is 1.25. The zero-order valence-electron chi connectivity index (χ0n) is 16.4. The standard InChI is InChI=1S/C24H17BrClNO3S/c1-15-2-9-20(10-3-15)31(29,30)23(24(28)16-4-6-18(25)7-5-16)12-17-14-27-22-11-8-19(26)13-21(17)22/h2-14,27H,1H3/b23-12+. The quantitative estimate of drug-likeness (QED) is 0.241. The number of halogens is 2. The number of aryl methyl sites for hydroxylation is 1. The Labute approximate surface area is 193 Å². The first kappa shape index (κ1) is 21.6. The van der Waals surface area contributed by atoms with Crippen LogP contribution in [0.2, 0.25) is 5.02 Å². The monoisotopic (exact) mass is 513 g/mol. The number of Topliss-reactive ketones (excluding diaryl/α,β-unsaturated/α-hetero) is 1. The molecule has 4 aromatic rings. The first-order chi connectivity index (χ1) is 14.8. The number of aromatic nitrogens is 1. The topological polar surface area (TPSA) is 67.0 Å². The van der Waals surface area contributed by atoms with Gasteiger partial charge in [0.05, 0.1) is 4.90 Å². The van der Waals surface area contributed by atoms with Gasteiger partial charge < -0.3 is 4.98 Å². The largest absolute Gasteiger partial charge is 0.361 e. The van der Waals surface area contributed by atoms with Gasteiger partial charge in [0.2, 0.25) is 15.6 Å². The molecule has 0 bridgehead atoms. The number of hydrogen-bond donors (Lipinski definition) is 1. The van der Waals surface area contributed by atoms with Crippen LogP contribution in [0.25, 0.3) is 17.0 Å². The molecule has 0 aliphatic carbocycles. The summed E-state index contributed by atoms with van der Waals surface area (Å²) in [6.07, 6.45) is 3.08. The van der Waals surface area contributed by atoms with Gasteiger partial charge in [-0.2, -0.15) is 0 Å². The van der Waals surface area contributed by atoms with Crippen LogP contribution in [0.3, 0.4) is 0 Å². The summed E-state index contributed by atoms with van der Waals surface area (Å²) in [7, 11) is -4.08. The van der Waals surface area contributed by atoms with Crippen molar-refractivity contribution < 1.29 is 13.2 Å². The Hall–Kier alpha value is -2.67. The van der Waals surface area contributed by atoms with Crippen molar-refractivity contribution >= 4 is 60.1 Å². The van der Waals surface area contributed by atoms with Crippen molar-refractivity contribution in [1.29, 1.82) is 0 Å². The van der Waals surface area contributed by atoms with E-state index in [2.05, 4.69) is 20.9 Å². The number of fused-ring (bicyclic) bond motifs is 1. The van der Waals surface area contributed by atoms with Crippen LogP contribution in [0.1, 0.15) is 21.5 Å². The zero-order valence-corrected chi connectivity index (χ0v) is 19.6. The SMILES string of the molecule is Cc1ccc(S(=O)(=O)/C(=C/c2c[nH]c3ccc(Cl)cc23)C(=O)c2ccc(Br)cc2)cc1. The first-order valence-electron chi connectivity index (χ1n) is 9.36. The molecule has 3 aromatic carbocycles. The zero-order chi connectivity index (χ0) is 22.2. The van der Waals surface area contributed by atoms with Crippen molar-refractivity contribution in [2.24, 2.45) is 0 Å². The van der Waals surface area contributed by atoms with E-state index in [1.54, 1.807) is 60.8 Å². The number of rotatable bonds is 5. The molecule has 0 aliphatic heterocycles. The van der Waals surface area contributed by atoms with Crippen molar-refractivity contribution in [3.63, 3.8) is 0 Å². The van der Waals surface area contributed by atoms with E-state index in [-0.39, 0.29) is 15.4 Å². The predicted molar refractivity (Wildman–Crippen MR) is 128 cm³/mol. The maximum absolute atomic E-state index is 13.5. The van der Waals surface area contributed by atoms with E-state index in [0.29, 0.717) is 10.6 Å². The predicted octanol–water partition coefficient (Wildman–Crippen LogP) is 6.59. The van der Waals surface area contributed by atoms with Crippen LogP contribution in [0.5, 0.6) is 0 Å². The molecule has 0 saturated carbocycles. The minimum atomic E-state index is -4.08. The molecule has 0 amide bonds. The molecule has 0 saturated heterocycles. The second-order valence-corrected chi connectivity index (χ2v) is 10.4. The van der Waals surface area contributed by atoms with Crippen molar-refractivity contribution in [1.82, 2.24) is 4.98 Å². The molecule has 1 N–H and O–H groups in total. The molecule has 31 heavy (non-hydrogen) atoms. The number of hydrogen-bond acceptors (Lipinski definition) is 3. The lowest BCUT2D eigenvalue weighted by Gasteiger charge is -2.10. The molecule has 4 rings (SSSR count). The van der Waals surface area contributed by atoms with Gasteiger partial charge in [-0.3, -0.25) is 4.79 Å². The highest BCUT2D eigenvalue weighted by molar-refractivity contribution is 9.10. The van der Waals surface area contributed by atoms with Crippen LogP contribution in [-0.4, -0.2) is 19.2 Å². The van der Waals surface area contributed by atoms with Gasteiger partial charge >= 0.3 is 0 Å². The Balaban J connectivity index is 1.93. The van der Waals surface area contributed by atoms with E-state index in [1.807, 2.05) is 6.92 Å². The van der Waals surface area contributed by atoms with E-state index < -0.39 is 15.6 Å². The number of nitrogens with one attached hydrogen (secondary N) is 1. The number of benzene rings is 3. The lowest BCUT2D eigenvalue weighted by atomic mass is 10.1. The average Bonchev–Trinajstić information content (AvgIpc) is 3.14. The maximum Gasteiger partial charge on any atom is 0.210 e. The van der Waals surface area contributed by atoms with E-state index in [1.165, 1.54) is 18.2 Å². The summed E-state index contributed by atoms with van der Waals surface area (Å²) >= 11 is 9.47. The normalized spacial score (nSPS) is 12.3. The molecule has 0 unspecified atom stereocenters. The van der Waals surface area contributed by atoms with Gasteiger partial charge in [-0.05, 0) is 67.6 Å². The second kappa shape index (κ2) is 8.46. The lowest BCUT2D eigenvalue weighted by molar-refractivity contribution is 0.104. The van der Waals surface area contributed by atoms with E-state index >= 15 is 0 Å². The van der Waals surface area contributed by atoms with Gasteiger partial charge in [-0.15, -0.1) is 0 Å². The van der Waals surface area contributed by atoms with Gasteiger partial charge in [0.15, 0.2) is 0 Å². The maximum atomic E-state index is 13.5. The van der Waals surface area contributed by atoms with Crippen molar-refractivity contribution in [2.75, 3.05) is 0 Å². The molecule has 0 aliphatic rings. The summed E-state index contributed by atoms with van der Waals surface area (Å²) in [5.41, 5.74) is 2.56. The van der Waals surface area contributed by atoms with Crippen LogP contribution in [0.15, 0.2) is 87.2 Å². The van der Waals surface area contributed by atoms with E-state index in [9.17, 15) is 13.2 Å².